The molecule has 0 aliphatic rings. The zero-order valence-corrected chi connectivity index (χ0v) is 11.3. The summed E-state index contributed by atoms with van der Waals surface area (Å²) in [7, 11) is 0. The number of halogens is 2. The lowest BCUT2D eigenvalue weighted by Gasteiger charge is -2.11. The second-order valence-electron chi connectivity index (χ2n) is 3.66. The fraction of sp³-hybridized carbons (Fsp3) is 0.250. The first kappa shape index (κ1) is 13.1. The van der Waals surface area contributed by atoms with Crippen LogP contribution in [-0.2, 0) is 6.54 Å². The normalized spacial score (nSPS) is 10.4. The summed E-state index contributed by atoms with van der Waals surface area (Å²) < 4.78 is 4.99. The van der Waals surface area contributed by atoms with Crippen molar-refractivity contribution in [2.24, 2.45) is 0 Å². The Morgan fingerprint density at radius 3 is 2.56 bits per heavy atom. The average Bonchev–Trinajstić information content (AvgIpc) is 2.84. The number of hydrogen-bond donors (Lipinski definition) is 2. The predicted octanol–water partition coefficient (Wildman–Crippen LogP) is 4.03. The number of rotatable bonds is 5. The summed E-state index contributed by atoms with van der Waals surface area (Å²) in [6.45, 7) is 3.32. The second-order valence-corrected chi connectivity index (χ2v) is 4.48. The zero-order valence-electron chi connectivity index (χ0n) is 9.84. The number of pyridine rings is 1. The molecule has 2 N–H and O–H groups in total. The number of furan rings is 1. The zero-order chi connectivity index (χ0) is 13.0. The molecule has 0 amide bonds. The van der Waals surface area contributed by atoms with Gasteiger partial charge in [-0.3, -0.25) is 0 Å². The van der Waals surface area contributed by atoms with Crippen molar-refractivity contribution in [3.05, 3.63) is 40.3 Å². The van der Waals surface area contributed by atoms with Gasteiger partial charge in [0.25, 0.3) is 0 Å². The van der Waals surface area contributed by atoms with Crippen LogP contribution < -0.4 is 10.6 Å². The predicted molar refractivity (Wildman–Crippen MR) is 74.5 cm³/mol. The Kier molecular flexibility index (Phi) is 4.33. The molecule has 0 aromatic carbocycles. The second kappa shape index (κ2) is 5.98. The SMILES string of the molecule is CCNc1nc(NCc2ccoc2)c(Cl)cc1Cl. The fourth-order valence-electron chi connectivity index (χ4n) is 1.46. The van der Waals surface area contributed by atoms with Crippen LogP contribution in [-0.4, -0.2) is 11.5 Å². The number of anilines is 2. The van der Waals surface area contributed by atoms with Crippen molar-refractivity contribution in [3.63, 3.8) is 0 Å². The third-order valence-electron chi connectivity index (χ3n) is 2.31. The summed E-state index contributed by atoms with van der Waals surface area (Å²) in [5, 5.41) is 7.22. The lowest BCUT2D eigenvalue weighted by molar-refractivity contribution is 0.564. The van der Waals surface area contributed by atoms with E-state index in [0.717, 1.165) is 12.1 Å². The molecule has 0 aliphatic heterocycles. The van der Waals surface area contributed by atoms with Crippen molar-refractivity contribution >= 4 is 34.8 Å². The summed E-state index contributed by atoms with van der Waals surface area (Å²) in [5.74, 6) is 1.22. The molecule has 2 aromatic heterocycles. The summed E-state index contributed by atoms with van der Waals surface area (Å²) in [6, 6.07) is 3.55. The van der Waals surface area contributed by atoms with E-state index in [2.05, 4.69) is 15.6 Å². The van der Waals surface area contributed by atoms with Crippen LogP contribution in [0.5, 0.6) is 0 Å². The number of aromatic nitrogens is 1. The first-order valence-electron chi connectivity index (χ1n) is 5.55. The van der Waals surface area contributed by atoms with Crippen molar-refractivity contribution in [1.29, 1.82) is 0 Å². The van der Waals surface area contributed by atoms with E-state index in [4.69, 9.17) is 27.6 Å². The van der Waals surface area contributed by atoms with Gasteiger partial charge in [0.1, 0.15) is 11.6 Å². The van der Waals surface area contributed by atoms with Gasteiger partial charge < -0.3 is 15.1 Å². The maximum Gasteiger partial charge on any atom is 0.147 e. The van der Waals surface area contributed by atoms with E-state index in [0.29, 0.717) is 28.2 Å². The van der Waals surface area contributed by atoms with E-state index in [1.54, 1.807) is 18.6 Å². The van der Waals surface area contributed by atoms with Gasteiger partial charge in [0.05, 0.1) is 22.6 Å². The number of nitrogens with one attached hydrogen (secondary N) is 2. The van der Waals surface area contributed by atoms with Crippen LogP contribution in [0, 0.1) is 0 Å². The molecule has 0 fully saturated rings. The van der Waals surface area contributed by atoms with E-state index >= 15 is 0 Å². The van der Waals surface area contributed by atoms with Crippen molar-refractivity contribution in [2.75, 3.05) is 17.2 Å². The van der Waals surface area contributed by atoms with E-state index in [1.807, 2.05) is 13.0 Å². The minimum absolute atomic E-state index is 0.491. The summed E-state index contributed by atoms with van der Waals surface area (Å²) in [5.41, 5.74) is 1.02. The highest BCUT2D eigenvalue weighted by Gasteiger charge is 2.08. The van der Waals surface area contributed by atoms with Crippen LogP contribution in [0.4, 0.5) is 11.6 Å². The standard InChI is InChI=1S/C12H13Cl2N3O/c1-2-15-11-9(13)5-10(14)12(17-11)16-6-8-3-4-18-7-8/h3-5,7H,2,6H2,1H3,(H2,15,16,17). The van der Waals surface area contributed by atoms with Crippen LogP contribution in [0.3, 0.4) is 0 Å². The first-order valence-corrected chi connectivity index (χ1v) is 6.31. The van der Waals surface area contributed by atoms with Gasteiger partial charge in [0.2, 0.25) is 0 Å². The topological polar surface area (TPSA) is 50.1 Å². The van der Waals surface area contributed by atoms with Gasteiger partial charge in [-0.1, -0.05) is 23.2 Å². The molecule has 0 saturated carbocycles. The minimum Gasteiger partial charge on any atom is -0.472 e. The fourth-order valence-corrected chi connectivity index (χ4v) is 1.95. The van der Waals surface area contributed by atoms with E-state index < -0.39 is 0 Å². The third-order valence-corrected chi connectivity index (χ3v) is 2.89. The molecule has 96 valence electrons. The lowest BCUT2D eigenvalue weighted by Crippen LogP contribution is -2.05. The van der Waals surface area contributed by atoms with Crippen LogP contribution in [0.25, 0.3) is 0 Å². The molecule has 18 heavy (non-hydrogen) atoms. The van der Waals surface area contributed by atoms with E-state index in [9.17, 15) is 0 Å². The summed E-state index contributed by atoms with van der Waals surface area (Å²) in [6.07, 6.45) is 3.29. The Morgan fingerprint density at radius 1 is 1.22 bits per heavy atom. The van der Waals surface area contributed by atoms with Crippen molar-refractivity contribution < 1.29 is 4.42 Å². The minimum atomic E-state index is 0.491. The Hall–Kier alpha value is -1.39. The highest BCUT2D eigenvalue weighted by molar-refractivity contribution is 6.37. The average molecular weight is 286 g/mol. The highest BCUT2D eigenvalue weighted by Crippen LogP contribution is 2.29. The molecule has 0 bridgehead atoms. The molecular formula is C12H13Cl2N3O. The van der Waals surface area contributed by atoms with Gasteiger partial charge >= 0.3 is 0 Å². The van der Waals surface area contributed by atoms with Gasteiger partial charge in [-0.25, -0.2) is 4.98 Å². The summed E-state index contributed by atoms with van der Waals surface area (Å²) in [4.78, 5) is 4.34. The molecule has 0 atom stereocenters. The molecule has 2 heterocycles. The van der Waals surface area contributed by atoms with Gasteiger partial charge in [-0.2, -0.15) is 0 Å². The molecule has 6 heteroatoms. The molecule has 0 spiro atoms. The van der Waals surface area contributed by atoms with Gasteiger partial charge in [-0.15, -0.1) is 0 Å². The molecular weight excluding hydrogens is 273 g/mol. The maximum absolute atomic E-state index is 6.08. The quantitative estimate of drug-likeness (QED) is 0.871. The van der Waals surface area contributed by atoms with Crippen LogP contribution in [0.15, 0.2) is 29.1 Å². The maximum atomic E-state index is 6.08. The van der Waals surface area contributed by atoms with Crippen LogP contribution in [0.1, 0.15) is 12.5 Å². The Labute approximate surface area is 115 Å². The van der Waals surface area contributed by atoms with Crippen molar-refractivity contribution in [2.45, 2.75) is 13.5 Å². The van der Waals surface area contributed by atoms with Crippen LogP contribution in [0.2, 0.25) is 10.0 Å². The molecule has 0 radical (unpaired) electrons. The smallest absolute Gasteiger partial charge is 0.147 e. The van der Waals surface area contributed by atoms with Gasteiger partial charge in [-0.05, 0) is 19.1 Å². The Balaban J connectivity index is 2.13. The Morgan fingerprint density at radius 2 is 1.94 bits per heavy atom. The van der Waals surface area contributed by atoms with Crippen molar-refractivity contribution in [1.82, 2.24) is 4.98 Å². The highest BCUT2D eigenvalue weighted by atomic mass is 35.5. The Bertz CT molecular complexity index is 514. The van der Waals surface area contributed by atoms with Crippen LogP contribution >= 0.6 is 23.2 Å². The van der Waals surface area contributed by atoms with E-state index in [1.165, 1.54) is 0 Å². The van der Waals surface area contributed by atoms with Crippen molar-refractivity contribution in [3.8, 4) is 0 Å². The first-order chi connectivity index (χ1) is 8.70. The van der Waals surface area contributed by atoms with Gasteiger partial charge in [0, 0.05) is 18.7 Å². The lowest BCUT2D eigenvalue weighted by atomic mass is 10.3. The largest absolute Gasteiger partial charge is 0.472 e. The van der Waals surface area contributed by atoms with Gasteiger partial charge in [0.15, 0.2) is 0 Å². The molecule has 0 saturated heterocycles. The molecule has 0 aliphatic carbocycles. The monoisotopic (exact) mass is 285 g/mol. The molecule has 0 unspecified atom stereocenters. The molecule has 4 nitrogen and oxygen atoms in total. The number of hydrogen-bond acceptors (Lipinski definition) is 4. The molecule has 2 aromatic rings. The third kappa shape index (κ3) is 3.09. The summed E-state index contributed by atoms with van der Waals surface area (Å²) >= 11 is 12.1. The number of nitrogens with zero attached hydrogens (tertiary/aromatic N) is 1. The molecule has 2 rings (SSSR count). The van der Waals surface area contributed by atoms with E-state index in [-0.39, 0.29) is 0 Å².